The predicted octanol–water partition coefficient (Wildman–Crippen LogP) is 6.22. The van der Waals surface area contributed by atoms with Crippen LogP contribution in [-0.4, -0.2) is 56.3 Å². The summed E-state index contributed by atoms with van der Waals surface area (Å²) in [4.78, 5) is 4.76. The smallest absolute Gasteiger partial charge is 0.174 e. The van der Waals surface area contributed by atoms with Crippen molar-refractivity contribution < 1.29 is 24.1 Å². The molecule has 45 heavy (non-hydrogen) atoms. The van der Waals surface area contributed by atoms with Gasteiger partial charge in [0.05, 0.1) is 20.8 Å². The van der Waals surface area contributed by atoms with Crippen LogP contribution in [0.1, 0.15) is 51.0 Å². The molecule has 0 saturated heterocycles. The lowest BCUT2D eigenvalue weighted by Crippen LogP contribution is -2.34. The summed E-state index contributed by atoms with van der Waals surface area (Å²) in [6.45, 7) is 1.67. The molecular weight excluding hydrogens is 566 g/mol. The second kappa shape index (κ2) is 11.9. The fraction of sp³-hybridized carbons (Fsp3) is 0.351. The molecule has 234 valence electrons. The van der Waals surface area contributed by atoms with Gasteiger partial charge >= 0.3 is 0 Å². The van der Waals surface area contributed by atoms with E-state index in [1.807, 2.05) is 24.3 Å². The summed E-state index contributed by atoms with van der Waals surface area (Å²) in [6, 6.07) is 20.8. The summed E-state index contributed by atoms with van der Waals surface area (Å²) in [5.41, 5.74) is 14.7. The van der Waals surface area contributed by atoms with Gasteiger partial charge in [-0.25, -0.2) is 0 Å². The van der Waals surface area contributed by atoms with Crippen LogP contribution in [0, 0.1) is 0 Å². The molecule has 4 aromatic rings. The number of hydrogen-bond acceptors (Lipinski definition) is 8. The van der Waals surface area contributed by atoms with Crippen LogP contribution >= 0.6 is 0 Å². The zero-order chi connectivity index (χ0) is 31.2. The molecule has 4 heterocycles. The largest absolute Gasteiger partial charge is 0.493 e. The molecule has 0 unspecified atom stereocenters. The minimum absolute atomic E-state index is 0.0232. The van der Waals surface area contributed by atoms with Crippen molar-refractivity contribution >= 4 is 5.69 Å². The first kappa shape index (κ1) is 29.5. The fourth-order valence-corrected chi connectivity index (χ4v) is 7.30. The van der Waals surface area contributed by atoms with E-state index in [9.17, 15) is 5.11 Å². The van der Waals surface area contributed by atoms with Gasteiger partial charge in [0.25, 0.3) is 0 Å². The molecule has 4 aromatic carbocycles. The molecule has 3 N–H and O–H groups in total. The molecule has 0 amide bonds. The van der Waals surface area contributed by atoms with E-state index in [1.165, 1.54) is 16.7 Å². The van der Waals surface area contributed by atoms with Crippen LogP contribution < -0.4 is 24.7 Å². The normalized spacial score (nSPS) is 19.5. The molecule has 0 aromatic heterocycles. The van der Waals surface area contributed by atoms with Crippen LogP contribution in [0.15, 0.2) is 60.7 Å². The number of aliphatic hydroxyl groups excluding tert-OH is 1. The maximum atomic E-state index is 10.4. The van der Waals surface area contributed by atoms with Crippen LogP contribution in [0.2, 0.25) is 0 Å². The van der Waals surface area contributed by atoms with Crippen molar-refractivity contribution in [2.75, 3.05) is 47.1 Å². The zero-order valence-electron chi connectivity index (χ0n) is 26.4. The number of anilines is 1. The molecule has 0 radical (unpaired) electrons. The number of nitrogens with zero attached hydrogens (tertiary/aromatic N) is 2. The van der Waals surface area contributed by atoms with Gasteiger partial charge in [-0.1, -0.05) is 12.1 Å². The van der Waals surface area contributed by atoms with E-state index in [0.29, 0.717) is 34.2 Å². The summed E-state index contributed by atoms with van der Waals surface area (Å²) in [5, 5.41) is 10.4. The van der Waals surface area contributed by atoms with Gasteiger partial charge in [-0.15, -0.1) is 0 Å². The van der Waals surface area contributed by atoms with Gasteiger partial charge in [0.1, 0.15) is 11.5 Å². The van der Waals surface area contributed by atoms with E-state index in [0.717, 1.165) is 67.0 Å². The Morgan fingerprint density at radius 2 is 1.53 bits per heavy atom. The highest BCUT2D eigenvalue weighted by Gasteiger charge is 2.34. The number of benzene rings is 4. The van der Waals surface area contributed by atoms with Crippen LogP contribution in [0.3, 0.4) is 0 Å². The van der Waals surface area contributed by atoms with Gasteiger partial charge in [0, 0.05) is 48.1 Å². The molecule has 0 spiro atoms. The van der Waals surface area contributed by atoms with Gasteiger partial charge in [-0.05, 0) is 110 Å². The van der Waals surface area contributed by atoms with Crippen LogP contribution in [0.25, 0.3) is 0 Å². The average molecular weight is 608 g/mol. The zero-order valence-corrected chi connectivity index (χ0v) is 26.4. The van der Waals surface area contributed by atoms with Crippen molar-refractivity contribution in [1.29, 1.82) is 0 Å². The number of aliphatic hydroxyl groups is 1. The van der Waals surface area contributed by atoms with Gasteiger partial charge in [-0.3, -0.25) is 9.80 Å². The highest BCUT2D eigenvalue weighted by atomic mass is 16.5. The van der Waals surface area contributed by atoms with Crippen molar-refractivity contribution in [3.63, 3.8) is 0 Å². The maximum Gasteiger partial charge on any atom is 0.174 e. The minimum atomic E-state index is -0.148. The summed E-state index contributed by atoms with van der Waals surface area (Å²) < 4.78 is 25.3. The third-order valence-electron chi connectivity index (χ3n) is 9.68. The van der Waals surface area contributed by atoms with E-state index < -0.39 is 0 Å². The standard InChI is InChI=1S/C37H41N3O5/c1-39-11-9-24-18-33(42-3)34-20-30(24)31(39)16-23-13-27(38)19-29(14-23)44-28-7-5-22(6-8-28)15-32-35-25(10-12-40(32)2)17-26(21-41)36(43-4)37(35)45-34/h5-8,13-14,17-20,31-32,41H,9-12,15-16,21,38H2,1-4H3/t31-,32+/m1/s1. The molecule has 4 aliphatic heterocycles. The fourth-order valence-electron chi connectivity index (χ4n) is 7.30. The molecule has 8 nitrogen and oxygen atoms in total. The molecule has 2 atom stereocenters. The number of hydrogen-bond donors (Lipinski definition) is 2. The Morgan fingerprint density at radius 3 is 2.27 bits per heavy atom. The number of rotatable bonds is 3. The third kappa shape index (κ3) is 5.47. The molecule has 0 fully saturated rings. The maximum absolute atomic E-state index is 10.4. The lowest BCUT2D eigenvalue weighted by molar-refractivity contribution is 0.219. The Kier molecular flexibility index (Phi) is 7.81. The van der Waals surface area contributed by atoms with Crippen LogP contribution in [0.4, 0.5) is 5.69 Å². The van der Waals surface area contributed by atoms with E-state index in [2.05, 4.69) is 60.3 Å². The van der Waals surface area contributed by atoms with Crippen molar-refractivity contribution in [2.45, 2.75) is 44.4 Å². The Hall–Kier alpha value is -4.24. The first-order valence-electron chi connectivity index (χ1n) is 15.6. The van der Waals surface area contributed by atoms with E-state index in [4.69, 9.17) is 24.7 Å². The number of fused-ring (bicyclic) bond motifs is 2. The van der Waals surface area contributed by atoms with Gasteiger partial charge in [0.15, 0.2) is 23.0 Å². The molecular formula is C37H41N3O5. The van der Waals surface area contributed by atoms with Crippen molar-refractivity contribution in [3.8, 4) is 34.5 Å². The van der Waals surface area contributed by atoms with Gasteiger partial charge in [0.2, 0.25) is 0 Å². The van der Waals surface area contributed by atoms with E-state index in [-0.39, 0.29) is 18.7 Å². The Labute approximate surface area is 264 Å². The lowest BCUT2D eigenvalue weighted by atomic mass is 9.86. The molecule has 6 bridgehead atoms. The molecule has 8 rings (SSSR count). The second-order valence-electron chi connectivity index (χ2n) is 12.5. The SMILES string of the molecule is COc1cc2c3cc1Oc1c(OC)c(CO)cc4c1[C@H](Cc1ccc(cc1)Oc1cc(N)cc(c1)C[C@H]3N(C)CC2)N(C)CC4. The van der Waals surface area contributed by atoms with Crippen molar-refractivity contribution in [2.24, 2.45) is 0 Å². The lowest BCUT2D eigenvalue weighted by Gasteiger charge is -2.37. The molecule has 0 aliphatic carbocycles. The minimum Gasteiger partial charge on any atom is -0.493 e. The Bertz CT molecular complexity index is 1740. The number of ether oxygens (including phenoxy) is 4. The summed E-state index contributed by atoms with van der Waals surface area (Å²) >= 11 is 0. The van der Waals surface area contributed by atoms with E-state index >= 15 is 0 Å². The summed E-state index contributed by atoms with van der Waals surface area (Å²) in [7, 11) is 7.65. The topological polar surface area (TPSA) is 89.6 Å². The number of nitrogens with two attached hydrogens (primary N) is 1. The molecule has 8 heteroatoms. The van der Waals surface area contributed by atoms with Crippen LogP contribution in [-0.2, 0) is 32.3 Å². The highest BCUT2D eigenvalue weighted by Crippen LogP contribution is 2.49. The van der Waals surface area contributed by atoms with Crippen LogP contribution in [0.5, 0.6) is 34.5 Å². The highest BCUT2D eigenvalue weighted by molar-refractivity contribution is 5.61. The number of nitrogen functional groups attached to an aromatic ring is 1. The first-order chi connectivity index (χ1) is 21.8. The van der Waals surface area contributed by atoms with Crippen molar-refractivity contribution in [3.05, 3.63) is 99.6 Å². The predicted molar refractivity (Wildman–Crippen MR) is 175 cm³/mol. The van der Waals surface area contributed by atoms with Crippen molar-refractivity contribution in [1.82, 2.24) is 9.80 Å². The monoisotopic (exact) mass is 607 g/mol. The van der Waals surface area contributed by atoms with E-state index in [1.54, 1.807) is 14.2 Å². The number of methoxy groups -OCH3 is 2. The van der Waals surface area contributed by atoms with Gasteiger partial charge in [-0.2, -0.15) is 0 Å². The number of likely N-dealkylation sites (N-methyl/N-ethyl adjacent to an activating group) is 2. The molecule has 0 saturated carbocycles. The van der Waals surface area contributed by atoms with Gasteiger partial charge < -0.3 is 29.8 Å². The Morgan fingerprint density at radius 1 is 0.800 bits per heavy atom. The molecule has 4 aliphatic rings. The average Bonchev–Trinajstić information content (AvgIpc) is 3.03. The quantitative estimate of drug-likeness (QED) is 0.266. The summed E-state index contributed by atoms with van der Waals surface area (Å²) in [5.74, 6) is 3.98. The summed E-state index contributed by atoms with van der Waals surface area (Å²) in [6.07, 6.45) is 3.27. The second-order valence-corrected chi connectivity index (χ2v) is 12.5. The third-order valence-corrected chi connectivity index (χ3v) is 9.68. The first-order valence-corrected chi connectivity index (χ1v) is 15.6. The Balaban J connectivity index is 1.46.